The SMILES string of the molecule is COc1c(CN2CCCC2)cc(C(F)(F)F)cc1NC(=O)c1ccc(C)c(N2C=C(c3cnn(C)c3C)N(C)N2)c1. The number of amides is 1. The minimum atomic E-state index is -4.58. The van der Waals surface area contributed by atoms with E-state index in [1.165, 1.54) is 7.11 Å². The van der Waals surface area contributed by atoms with E-state index in [4.69, 9.17) is 4.74 Å². The first-order chi connectivity index (χ1) is 19.5. The van der Waals surface area contributed by atoms with Crippen LogP contribution in [0.15, 0.2) is 42.7 Å². The lowest BCUT2D eigenvalue weighted by molar-refractivity contribution is -0.137. The highest BCUT2D eigenvalue weighted by Crippen LogP contribution is 2.39. The Morgan fingerprint density at radius 3 is 2.49 bits per heavy atom. The Morgan fingerprint density at radius 2 is 1.85 bits per heavy atom. The van der Waals surface area contributed by atoms with Crippen LogP contribution >= 0.6 is 0 Å². The van der Waals surface area contributed by atoms with Crippen LogP contribution in [-0.4, -0.2) is 52.8 Å². The second-order valence-electron chi connectivity index (χ2n) is 10.5. The van der Waals surface area contributed by atoms with Crippen LogP contribution in [-0.2, 0) is 19.8 Å². The minimum absolute atomic E-state index is 0.0167. The standard InChI is InChI=1S/C29H34F3N7O2/c1-18-8-9-20(13-25(18)39-17-26(37(4)35-39)23-15-33-36(3)19(23)2)28(40)34-24-14-22(29(30,31)32)12-21(27(24)41-5)16-38-10-6-7-11-38/h8-9,12-15,17,35H,6-7,10-11,16H2,1-5H3,(H,34,40). The monoisotopic (exact) mass is 569 g/mol. The molecule has 2 N–H and O–H groups in total. The number of halogens is 3. The second kappa shape index (κ2) is 11.1. The third-order valence-corrected chi connectivity index (χ3v) is 7.65. The Kier molecular flexibility index (Phi) is 7.71. The van der Waals surface area contributed by atoms with Crippen LogP contribution in [0.4, 0.5) is 24.5 Å². The maximum absolute atomic E-state index is 13.8. The number of anilines is 2. The first-order valence-electron chi connectivity index (χ1n) is 13.4. The molecular weight excluding hydrogens is 535 g/mol. The average molecular weight is 570 g/mol. The number of carbonyl (C=O) groups excluding carboxylic acids is 1. The van der Waals surface area contributed by atoms with Crippen molar-refractivity contribution < 1.29 is 22.7 Å². The Balaban J connectivity index is 1.45. The number of methoxy groups -OCH3 is 1. The van der Waals surface area contributed by atoms with Gasteiger partial charge < -0.3 is 10.1 Å². The number of aryl methyl sites for hydroxylation is 2. The van der Waals surface area contributed by atoms with E-state index in [9.17, 15) is 18.0 Å². The van der Waals surface area contributed by atoms with Crippen molar-refractivity contribution in [2.75, 3.05) is 37.6 Å². The molecule has 0 radical (unpaired) electrons. The number of ether oxygens (including phenoxy) is 1. The Hall–Kier alpha value is -4.03. The number of likely N-dealkylation sites (tertiary alicyclic amines) is 1. The summed E-state index contributed by atoms with van der Waals surface area (Å²) in [6.45, 7) is 5.83. The molecule has 0 atom stereocenters. The van der Waals surface area contributed by atoms with Gasteiger partial charge in [-0.05, 0) is 69.6 Å². The van der Waals surface area contributed by atoms with Gasteiger partial charge in [0.05, 0.1) is 35.9 Å². The molecule has 5 rings (SSSR count). The predicted molar refractivity (Wildman–Crippen MR) is 151 cm³/mol. The van der Waals surface area contributed by atoms with Gasteiger partial charge in [-0.3, -0.25) is 24.4 Å². The highest BCUT2D eigenvalue weighted by Gasteiger charge is 2.33. The fourth-order valence-electron chi connectivity index (χ4n) is 5.27. The Morgan fingerprint density at radius 1 is 1.12 bits per heavy atom. The van der Waals surface area contributed by atoms with Gasteiger partial charge in [0.25, 0.3) is 5.91 Å². The predicted octanol–water partition coefficient (Wildman–Crippen LogP) is 5.08. The number of benzene rings is 2. The van der Waals surface area contributed by atoms with Gasteiger partial charge >= 0.3 is 6.18 Å². The molecular formula is C29H34F3N7O2. The normalized spacial score (nSPS) is 16.0. The van der Waals surface area contributed by atoms with Crippen molar-refractivity contribution in [1.29, 1.82) is 0 Å². The van der Waals surface area contributed by atoms with Crippen molar-refractivity contribution in [2.45, 2.75) is 39.4 Å². The van der Waals surface area contributed by atoms with Gasteiger partial charge in [0, 0.05) is 49.2 Å². The molecule has 218 valence electrons. The van der Waals surface area contributed by atoms with E-state index in [2.05, 4.69) is 20.9 Å². The van der Waals surface area contributed by atoms with Crippen molar-refractivity contribution in [2.24, 2.45) is 7.05 Å². The largest absolute Gasteiger partial charge is 0.494 e. The van der Waals surface area contributed by atoms with Crippen molar-refractivity contribution in [3.05, 3.63) is 76.2 Å². The van der Waals surface area contributed by atoms with E-state index in [1.54, 1.807) is 34.1 Å². The number of hydrazine groups is 2. The zero-order valence-electron chi connectivity index (χ0n) is 23.8. The van der Waals surface area contributed by atoms with Crippen LogP contribution in [0.2, 0.25) is 0 Å². The third kappa shape index (κ3) is 5.75. The van der Waals surface area contributed by atoms with Gasteiger partial charge in [-0.1, -0.05) is 6.07 Å². The van der Waals surface area contributed by atoms with Gasteiger partial charge in [0.1, 0.15) is 5.75 Å². The van der Waals surface area contributed by atoms with Gasteiger partial charge in [0.2, 0.25) is 0 Å². The highest BCUT2D eigenvalue weighted by atomic mass is 19.4. The van der Waals surface area contributed by atoms with Gasteiger partial charge in [-0.25, -0.2) is 0 Å². The molecule has 0 saturated carbocycles. The lowest BCUT2D eigenvalue weighted by atomic mass is 10.1. The number of hydrogen-bond donors (Lipinski definition) is 2. The van der Waals surface area contributed by atoms with Crippen LogP contribution in [0.5, 0.6) is 5.75 Å². The van der Waals surface area contributed by atoms with E-state index in [-0.39, 0.29) is 17.0 Å². The molecule has 2 aliphatic rings. The molecule has 9 nitrogen and oxygen atoms in total. The molecule has 1 fully saturated rings. The first kappa shape index (κ1) is 28.5. The summed E-state index contributed by atoms with van der Waals surface area (Å²) in [5.74, 6) is -0.316. The topological polar surface area (TPSA) is 77.9 Å². The molecule has 3 aromatic rings. The number of carbonyl (C=O) groups is 1. The average Bonchev–Trinajstić information content (AvgIpc) is 3.65. The van der Waals surface area contributed by atoms with E-state index in [0.29, 0.717) is 17.8 Å². The van der Waals surface area contributed by atoms with Crippen molar-refractivity contribution in [1.82, 2.24) is 25.2 Å². The summed E-state index contributed by atoms with van der Waals surface area (Å²) in [7, 11) is 5.16. The van der Waals surface area contributed by atoms with Crippen molar-refractivity contribution >= 4 is 23.0 Å². The van der Waals surface area contributed by atoms with Crippen LogP contribution in [0.1, 0.15) is 51.1 Å². The molecule has 3 heterocycles. The molecule has 1 saturated heterocycles. The Labute approximate surface area is 237 Å². The molecule has 0 spiro atoms. The summed E-state index contributed by atoms with van der Waals surface area (Å²) in [6.07, 6.45) is 1.13. The van der Waals surface area contributed by atoms with Crippen LogP contribution in [0.3, 0.4) is 0 Å². The number of rotatable bonds is 7. The number of hydrogen-bond acceptors (Lipinski definition) is 7. The Bertz CT molecular complexity index is 1490. The summed E-state index contributed by atoms with van der Waals surface area (Å²) >= 11 is 0. The molecule has 1 amide bonds. The fraction of sp³-hybridized carbons (Fsp3) is 0.379. The molecule has 41 heavy (non-hydrogen) atoms. The summed E-state index contributed by atoms with van der Waals surface area (Å²) in [5, 5.41) is 10.7. The fourth-order valence-corrected chi connectivity index (χ4v) is 5.27. The van der Waals surface area contributed by atoms with E-state index in [1.807, 2.05) is 39.2 Å². The van der Waals surface area contributed by atoms with Crippen molar-refractivity contribution in [3.8, 4) is 5.75 Å². The smallest absolute Gasteiger partial charge is 0.416 e. The lowest BCUT2D eigenvalue weighted by Gasteiger charge is -2.23. The minimum Gasteiger partial charge on any atom is -0.494 e. The van der Waals surface area contributed by atoms with Gasteiger partial charge in [-0.2, -0.15) is 18.3 Å². The summed E-state index contributed by atoms with van der Waals surface area (Å²) in [4.78, 5) is 15.5. The van der Waals surface area contributed by atoms with Crippen molar-refractivity contribution in [3.63, 3.8) is 0 Å². The molecule has 1 aromatic heterocycles. The van der Waals surface area contributed by atoms with Crippen LogP contribution < -0.4 is 20.6 Å². The summed E-state index contributed by atoms with van der Waals surface area (Å²) in [6, 6.07) is 7.19. The number of aromatic nitrogens is 2. The summed E-state index contributed by atoms with van der Waals surface area (Å²) < 4.78 is 48.9. The number of nitrogens with one attached hydrogen (secondary N) is 2. The molecule has 0 aliphatic carbocycles. The molecule has 0 unspecified atom stereocenters. The maximum atomic E-state index is 13.8. The van der Waals surface area contributed by atoms with Gasteiger partial charge in [-0.15, -0.1) is 5.53 Å². The quantitative estimate of drug-likeness (QED) is 0.411. The zero-order chi connectivity index (χ0) is 29.5. The number of alkyl halides is 3. The van der Waals surface area contributed by atoms with Crippen LogP contribution in [0.25, 0.3) is 5.70 Å². The first-order valence-corrected chi connectivity index (χ1v) is 13.4. The molecule has 0 bridgehead atoms. The molecule has 2 aliphatic heterocycles. The van der Waals surface area contributed by atoms with E-state index < -0.39 is 17.6 Å². The summed E-state index contributed by atoms with van der Waals surface area (Å²) in [5.41, 5.74) is 7.53. The highest BCUT2D eigenvalue weighted by molar-refractivity contribution is 6.06. The van der Waals surface area contributed by atoms with Gasteiger partial charge in [0.15, 0.2) is 0 Å². The molecule has 12 heteroatoms. The lowest BCUT2D eigenvalue weighted by Crippen LogP contribution is -2.38. The van der Waals surface area contributed by atoms with E-state index in [0.717, 1.165) is 60.6 Å². The maximum Gasteiger partial charge on any atom is 0.416 e. The number of nitrogens with zero attached hydrogens (tertiary/aromatic N) is 5. The van der Waals surface area contributed by atoms with E-state index >= 15 is 0 Å². The second-order valence-corrected chi connectivity index (χ2v) is 10.5. The van der Waals surface area contributed by atoms with Crippen LogP contribution in [0, 0.1) is 13.8 Å². The zero-order valence-corrected chi connectivity index (χ0v) is 23.8. The third-order valence-electron chi connectivity index (χ3n) is 7.65. The molecule has 2 aromatic carbocycles.